The van der Waals surface area contributed by atoms with Gasteiger partial charge in [0.15, 0.2) is 9.84 Å². The molecule has 9 nitrogen and oxygen atoms in total. The summed E-state index contributed by atoms with van der Waals surface area (Å²) >= 11 is 0. The lowest BCUT2D eigenvalue weighted by Crippen LogP contribution is -2.42. The number of hydrogen-bond acceptors (Lipinski definition) is 8. The molecule has 0 fully saturated rings. The fraction of sp³-hybridized carbons (Fsp3) is 0.522. The molecule has 10 heteroatoms. The van der Waals surface area contributed by atoms with E-state index >= 15 is 0 Å². The maximum Gasteiger partial charge on any atom is 0.226 e. The first-order valence-electron chi connectivity index (χ1n) is 11.0. The molecule has 178 valence electrons. The average molecular weight is 474 g/mol. The number of nitrogens with zero attached hydrogens (tertiary/aromatic N) is 5. The molecule has 2 N–H and O–H groups in total. The van der Waals surface area contributed by atoms with Crippen molar-refractivity contribution in [1.29, 1.82) is 0 Å². The minimum atomic E-state index is -3.50. The lowest BCUT2D eigenvalue weighted by Gasteiger charge is -2.38. The van der Waals surface area contributed by atoms with E-state index in [-0.39, 0.29) is 23.5 Å². The highest BCUT2D eigenvalue weighted by molar-refractivity contribution is 7.90. The predicted octanol–water partition coefficient (Wildman–Crippen LogP) is 2.48. The van der Waals surface area contributed by atoms with Gasteiger partial charge in [-0.25, -0.2) is 23.4 Å². The molecule has 0 spiro atoms. The monoisotopic (exact) mass is 473 g/mol. The van der Waals surface area contributed by atoms with Gasteiger partial charge >= 0.3 is 0 Å². The Balaban J connectivity index is 1.85. The van der Waals surface area contributed by atoms with Gasteiger partial charge in [-0.15, -0.1) is 0 Å². The van der Waals surface area contributed by atoms with Gasteiger partial charge in [0, 0.05) is 36.8 Å². The van der Waals surface area contributed by atoms with Crippen LogP contribution in [0.3, 0.4) is 0 Å². The number of sulfone groups is 1. The van der Waals surface area contributed by atoms with Crippen LogP contribution in [-0.4, -0.2) is 51.0 Å². The molecule has 1 aliphatic heterocycles. The first kappa shape index (κ1) is 23.6. The van der Waals surface area contributed by atoms with Crippen LogP contribution >= 0.6 is 0 Å². The highest BCUT2D eigenvalue weighted by Crippen LogP contribution is 2.37. The Morgan fingerprint density at radius 1 is 1.21 bits per heavy atom. The van der Waals surface area contributed by atoms with E-state index in [0.29, 0.717) is 35.7 Å². The molecule has 0 aliphatic carbocycles. The van der Waals surface area contributed by atoms with E-state index in [2.05, 4.69) is 28.3 Å². The van der Waals surface area contributed by atoms with Crippen LogP contribution in [0.4, 0.5) is 5.95 Å². The van der Waals surface area contributed by atoms with Crippen molar-refractivity contribution in [2.75, 3.05) is 17.7 Å². The third-order valence-corrected chi connectivity index (χ3v) is 7.39. The molecule has 3 aromatic rings. The van der Waals surface area contributed by atoms with Gasteiger partial charge in [0.05, 0.1) is 34.2 Å². The molecule has 1 atom stereocenters. The summed E-state index contributed by atoms with van der Waals surface area (Å²) in [5.41, 5.74) is 2.11. The van der Waals surface area contributed by atoms with Gasteiger partial charge in [-0.2, -0.15) is 0 Å². The number of anilines is 1. The van der Waals surface area contributed by atoms with Crippen molar-refractivity contribution in [1.82, 2.24) is 19.5 Å². The summed E-state index contributed by atoms with van der Waals surface area (Å²) in [6.45, 7) is 10.3. The Morgan fingerprint density at radius 2 is 1.91 bits per heavy atom. The van der Waals surface area contributed by atoms with Crippen LogP contribution in [0.15, 0.2) is 23.2 Å². The first-order valence-corrected chi connectivity index (χ1v) is 12.9. The molecule has 0 saturated carbocycles. The fourth-order valence-corrected chi connectivity index (χ4v) is 5.63. The van der Waals surface area contributed by atoms with Crippen molar-refractivity contribution >= 4 is 26.8 Å². The summed E-state index contributed by atoms with van der Waals surface area (Å²) in [4.78, 5) is 16.4. The zero-order valence-corrected chi connectivity index (χ0v) is 20.7. The third-order valence-electron chi connectivity index (χ3n) is 6.21. The summed E-state index contributed by atoms with van der Waals surface area (Å²) in [5, 5.41) is 20.1. The molecule has 1 unspecified atom stereocenters. The summed E-state index contributed by atoms with van der Waals surface area (Å²) in [6, 6.07) is 3.16. The molecule has 33 heavy (non-hydrogen) atoms. The van der Waals surface area contributed by atoms with Crippen molar-refractivity contribution in [2.24, 2.45) is 5.92 Å². The van der Waals surface area contributed by atoms with E-state index in [1.807, 2.05) is 6.92 Å². The van der Waals surface area contributed by atoms with E-state index in [9.17, 15) is 18.6 Å². The number of rotatable bonds is 5. The Bertz CT molecular complexity index is 1320. The highest BCUT2D eigenvalue weighted by Gasteiger charge is 2.35. The lowest BCUT2D eigenvalue weighted by atomic mass is 9.98. The molecular formula is C23H31N5O4S. The maximum atomic E-state index is 12.3. The predicted molar refractivity (Wildman–Crippen MR) is 126 cm³/mol. The number of aliphatic hydroxyl groups is 2. The number of fused-ring (bicyclic) bond motifs is 3. The molecule has 1 aliphatic rings. The molecule has 3 heterocycles. The number of aryl methyl sites for hydroxylation is 1. The topological polar surface area (TPSA) is 121 Å². The Morgan fingerprint density at radius 3 is 2.45 bits per heavy atom. The normalized spacial score (nSPS) is 17.1. The number of aromatic nitrogens is 4. The van der Waals surface area contributed by atoms with Crippen LogP contribution in [0.25, 0.3) is 11.0 Å². The molecule has 0 saturated heterocycles. The smallest absolute Gasteiger partial charge is 0.226 e. The minimum Gasteiger partial charge on any atom is -0.392 e. The number of benzene rings is 1. The molecular weight excluding hydrogens is 442 g/mol. The first-order chi connectivity index (χ1) is 15.3. The van der Waals surface area contributed by atoms with Crippen LogP contribution in [0.5, 0.6) is 0 Å². The molecule has 4 rings (SSSR count). The van der Waals surface area contributed by atoms with E-state index in [1.165, 1.54) is 0 Å². The summed E-state index contributed by atoms with van der Waals surface area (Å²) in [5.74, 6) is 1.56. The van der Waals surface area contributed by atoms with Crippen molar-refractivity contribution in [3.63, 3.8) is 0 Å². The molecule has 0 radical (unpaired) electrons. The second-order valence-electron chi connectivity index (χ2n) is 9.61. The van der Waals surface area contributed by atoms with Gasteiger partial charge in [-0.3, -0.25) is 0 Å². The van der Waals surface area contributed by atoms with E-state index in [0.717, 1.165) is 23.3 Å². The molecule has 0 amide bonds. The number of aliphatic hydroxyl groups excluding tert-OH is 1. The Kier molecular flexibility index (Phi) is 5.74. The van der Waals surface area contributed by atoms with Crippen LogP contribution in [-0.2, 0) is 28.6 Å². The van der Waals surface area contributed by atoms with Gasteiger partial charge in [-0.05, 0) is 44.4 Å². The number of imidazole rings is 1. The van der Waals surface area contributed by atoms with Crippen molar-refractivity contribution in [2.45, 2.75) is 64.3 Å². The minimum absolute atomic E-state index is 0.127. The third kappa shape index (κ3) is 4.11. The standard InChI is InChI=1S/C23H31N5O4S/c1-13(2)20-21-26-17-9-15(12-29)19(33(6,31)32)10-18(17)27(21)7-8-28(20)22-24-11-16(14(3)25-22)23(4,5)30/h9-11,13,20,29-30H,7-8,12H2,1-6H3. The number of hydrogen-bond donors (Lipinski definition) is 2. The van der Waals surface area contributed by atoms with Crippen molar-refractivity contribution in [3.8, 4) is 0 Å². The van der Waals surface area contributed by atoms with Gasteiger partial charge in [0.1, 0.15) is 5.82 Å². The van der Waals surface area contributed by atoms with Crippen molar-refractivity contribution in [3.05, 3.63) is 41.0 Å². The summed E-state index contributed by atoms with van der Waals surface area (Å²) < 4.78 is 26.7. The Hall–Kier alpha value is -2.56. The summed E-state index contributed by atoms with van der Waals surface area (Å²) in [6.07, 6.45) is 2.83. The molecule has 1 aromatic carbocycles. The van der Waals surface area contributed by atoms with Gasteiger partial charge in [0.2, 0.25) is 5.95 Å². The average Bonchev–Trinajstić information content (AvgIpc) is 3.07. The second-order valence-corrected chi connectivity index (χ2v) is 11.6. The van der Waals surface area contributed by atoms with Crippen LogP contribution in [0, 0.1) is 12.8 Å². The maximum absolute atomic E-state index is 12.3. The van der Waals surface area contributed by atoms with Gasteiger partial charge in [0.25, 0.3) is 0 Å². The van der Waals surface area contributed by atoms with Gasteiger partial charge < -0.3 is 19.7 Å². The lowest BCUT2D eigenvalue weighted by molar-refractivity contribution is 0.0770. The van der Waals surface area contributed by atoms with E-state index in [1.54, 1.807) is 32.2 Å². The second kappa shape index (κ2) is 8.03. The Labute approximate surface area is 194 Å². The zero-order chi connectivity index (χ0) is 24.3. The largest absolute Gasteiger partial charge is 0.392 e. The van der Waals surface area contributed by atoms with Crippen molar-refractivity contribution < 1.29 is 18.6 Å². The molecule has 0 bridgehead atoms. The van der Waals surface area contributed by atoms with Crippen LogP contribution in [0.2, 0.25) is 0 Å². The highest BCUT2D eigenvalue weighted by atomic mass is 32.2. The van der Waals surface area contributed by atoms with E-state index < -0.39 is 15.4 Å². The van der Waals surface area contributed by atoms with E-state index in [4.69, 9.17) is 9.97 Å². The quantitative estimate of drug-likeness (QED) is 0.580. The zero-order valence-electron chi connectivity index (χ0n) is 19.9. The van der Waals surface area contributed by atoms with Crippen LogP contribution in [0.1, 0.15) is 56.4 Å². The fourth-order valence-electron chi connectivity index (χ4n) is 4.71. The SMILES string of the molecule is Cc1nc(N2CCn3c(nc4cc(CO)c(S(C)(=O)=O)cc43)C2C(C)C)ncc1C(C)(C)O. The molecule has 2 aromatic heterocycles. The summed E-state index contributed by atoms with van der Waals surface area (Å²) in [7, 11) is -3.50. The van der Waals surface area contributed by atoms with Crippen LogP contribution < -0.4 is 4.90 Å². The van der Waals surface area contributed by atoms with Gasteiger partial charge in [-0.1, -0.05) is 13.8 Å².